The number of benzene rings is 2. The molecule has 0 fully saturated rings. The van der Waals surface area contributed by atoms with E-state index in [9.17, 15) is 13.2 Å². The molecule has 164 valence electrons. The lowest BCUT2D eigenvalue weighted by Crippen LogP contribution is -2.30. The van der Waals surface area contributed by atoms with Crippen LogP contribution in [0.25, 0.3) is 0 Å². The van der Waals surface area contributed by atoms with E-state index in [1.807, 2.05) is 0 Å². The van der Waals surface area contributed by atoms with Crippen molar-refractivity contribution in [3.05, 3.63) is 48.0 Å². The van der Waals surface area contributed by atoms with Gasteiger partial charge in [-0.3, -0.25) is 4.79 Å². The number of ether oxygens (including phenoxy) is 3. The van der Waals surface area contributed by atoms with Crippen LogP contribution in [0.5, 0.6) is 17.2 Å². The fourth-order valence-corrected chi connectivity index (χ4v) is 4.38. The number of carbonyl (C=O) groups excluding carboxylic acids is 1. The van der Waals surface area contributed by atoms with Crippen LogP contribution >= 0.6 is 0 Å². The number of nitrogens with one attached hydrogen (secondary N) is 1. The number of rotatable bonds is 8. The van der Waals surface area contributed by atoms with Crippen molar-refractivity contribution in [2.75, 3.05) is 33.0 Å². The molecule has 1 heterocycles. The van der Waals surface area contributed by atoms with E-state index in [1.165, 1.54) is 28.6 Å². The van der Waals surface area contributed by atoms with Crippen LogP contribution in [0.15, 0.2) is 47.4 Å². The van der Waals surface area contributed by atoms with Crippen LogP contribution in [-0.2, 0) is 10.0 Å². The number of nitrogens with zero attached hydrogens (tertiary/aromatic N) is 1. The van der Waals surface area contributed by atoms with E-state index >= 15 is 0 Å². The zero-order chi connectivity index (χ0) is 22.3. The number of hydrogen-bond acceptors (Lipinski definition) is 6. The van der Waals surface area contributed by atoms with E-state index < -0.39 is 10.0 Å². The van der Waals surface area contributed by atoms with Crippen molar-refractivity contribution in [2.45, 2.75) is 18.7 Å². The second kappa shape index (κ2) is 10.2. The Bertz CT molecular complexity index is 1080. The second-order valence-electron chi connectivity index (χ2n) is 6.45. The number of sulfonamides is 1. The molecule has 3 rings (SSSR count). The molecule has 0 saturated heterocycles. The van der Waals surface area contributed by atoms with Crippen LogP contribution in [0.2, 0.25) is 0 Å². The van der Waals surface area contributed by atoms with Crippen molar-refractivity contribution >= 4 is 15.9 Å². The van der Waals surface area contributed by atoms with Crippen molar-refractivity contribution in [2.24, 2.45) is 0 Å². The van der Waals surface area contributed by atoms with Crippen molar-refractivity contribution in [1.29, 1.82) is 0 Å². The highest BCUT2D eigenvalue weighted by molar-refractivity contribution is 7.89. The van der Waals surface area contributed by atoms with Gasteiger partial charge in [-0.2, -0.15) is 4.31 Å². The minimum absolute atomic E-state index is 0.142. The summed E-state index contributed by atoms with van der Waals surface area (Å²) < 4.78 is 42.4. The van der Waals surface area contributed by atoms with E-state index in [-0.39, 0.29) is 30.7 Å². The van der Waals surface area contributed by atoms with E-state index in [0.717, 1.165) is 0 Å². The molecule has 0 atom stereocenters. The molecule has 9 heteroatoms. The highest BCUT2D eigenvalue weighted by atomic mass is 32.2. The van der Waals surface area contributed by atoms with Gasteiger partial charge in [-0.05, 0) is 36.4 Å². The van der Waals surface area contributed by atoms with Crippen LogP contribution < -0.4 is 19.5 Å². The molecule has 1 aliphatic heterocycles. The summed E-state index contributed by atoms with van der Waals surface area (Å²) in [6, 6.07) is 11.1. The van der Waals surface area contributed by atoms with Gasteiger partial charge >= 0.3 is 0 Å². The maximum atomic E-state index is 12.5. The quantitative estimate of drug-likeness (QED) is 0.628. The SMILES string of the molecule is CCN(CC)S(=O)(=O)c1ccc(C(=O)NCC#CCOc2ccc3c(c2)OCO3)cc1. The summed E-state index contributed by atoms with van der Waals surface area (Å²) in [5.41, 5.74) is 0.358. The number of amides is 1. The molecule has 0 radical (unpaired) electrons. The van der Waals surface area contributed by atoms with Crippen LogP contribution in [0.4, 0.5) is 0 Å². The van der Waals surface area contributed by atoms with Gasteiger partial charge in [0.1, 0.15) is 12.4 Å². The Morgan fingerprint density at radius 1 is 1.06 bits per heavy atom. The lowest BCUT2D eigenvalue weighted by molar-refractivity contribution is 0.0958. The fraction of sp³-hybridized carbons (Fsp3) is 0.318. The van der Waals surface area contributed by atoms with E-state index in [0.29, 0.717) is 35.9 Å². The van der Waals surface area contributed by atoms with Gasteiger partial charge in [0.05, 0.1) is 11.4 Å². The Morgan fingerprint density at radius 2 is 1.77 bits per heavy atom. The molecule has 1 N–H and O–H groups in total. The third kappa shape index (κ3) is 5.48. The predicted molar refractivity (Wildman–Crippen MR) is 115 cm³/mol. The van der Waals surface area contributed by atoms with Gasteiger partial charge < -0.3 is 19.5 Å². The zero-order valence-corrected chi connectivity index (χ0v) is 18.2. The summed E-state index contributed by atoms with van der Waals surface area (Å²) in [6.45, 7) is 4.84. The van der Waals surface area contributed by atoms with Crippen molar-refractivity contribution < 1.29 is 27.4 Å². The lowest BCUT2D eigenvalue weighted by Gasteiger charge is -2.18. The van der Waals surface area contributed by atoms with Crippen molar-refractivity contribution in [1.82, 2.24) is 9.62 Å². The first-order valence-corrected chi connectivity index (χ1v) is 11.3. The molecule has 0 spiro atoms. The number of hydrogen-bond donors (Lipinski definition) is 1. The first-order valence-electron chi connectivity index (χ1n) is 9.82. The topological polar surface area (TPSA) is 94.2 Å². The summed E-state index contributed by atoms with van der Waals surface area (Å²) in [6.07, 6.45) is 0. The van der Waals surface area contributed by atoms with Gasteiger partial charge in [0, 0.05) is 24.7 Å². The lowest BCUT2D eigenvalue weighted by atomic mass is 10.2. The standard InChI is InChI=1S/C22H24N2O6S/c1-3-24(4-2)31(26,27)19-10-7-17(8-11-19)22(25)23-13-5-6-14-28-18-9-12-20-21(15-18)30-16-29-20/h7-12,15H,3-4,13-14,16H2,1-2H3,(H,23,25). The van der Waals surface area contributed by atoms with Crippen molar-refractivity contribution in [3.8, 4) is 29.1 Å². The molecule has 0 unspecified atom stereocenters. The highest BCUT2D eigenvalue weighted by Gasteiger charge is 2.21. The first kappa shape index (κ1) is 22.5. The Balaban J connectivity index is 1.47. The van der Waals surface area contributed by atoms with Crippen molar-refractivity contribution in [3.63, 3.8) is 0 Å². The average molecular weight is 445 g/mol. The molecule has 0 bridgehead atoms. The molecule has 0 saturated carbocycles. The van der Waals surface area contributed by atoms with Crippen LogP contribution in [-0.4, -0.2) is 51.7 Å². The normalized spacial score (nSPS) is 12.2. The van der Waals surface area contributed by atoms with Gasteiger partial charge in [0.2, 0.25) is 16.8 Å². The van der Waals surface area contributed by atoms with Crippen LogP contribution in [0.1, 0.15) is 24.2 Å². The number of fused-ring (bicyclic) bond motifs is 1. The van der Waals surface area contributed by atoms with Gasteiger partial charge in [-0.15, -0.1) is 0 Å². The van der Waals surface area contributed by atoms with Gasteiger partial charge in [0.15, 0.2) is 11.5 Å². The molecule has 0 aromatic heterocycles. The third-order valence-corrected chi connectivity index (χ3v) is 6.64. The molecule has 0 aliphatic carbocycles. The summed E-state index contributed by atoms with van der Waals surface area (Å²) in [7, 11) is -3.55. The molecule has 2 aromatic carbocycles. The maximum Gasteiger partial charge on any atom is 0.252 e. The summed E-state index contributed by atoms with van der Waals surface area (Å²) in [4.78, 5) is 12.4. The summed E-state index contributed by atoms with van der Waals surface area (Å²) in [5.74, 6) is 7.22. The largest absolute Gasteiger partial charge is 0.481 e. The monoisotopic (exact) mass is 444 g/mol. The predicted octanol–water partition coefficient (Wildman–Crippen LogP) is 2.26. The molecular weight excluding hydrogens is 420 g/mol. The van der Waals surface area contributed by atoms with Crippen LogP contribution in [0, 0.1) is 11.8 Å². The van der Waals surface area contributed by atoms with Gasteiger partial charge in [-0.25, -0.2) is 8.42 Å². The van der Waals surface area contributed by atoms with Gasteiger partial charge in [0.25, 0.3) is 5.91 Å². The van der Waals surface area contributed by atoms with Crippen LogP contribution in [0.3, 0.4) is 0 Å². The Labute approximate surface area is 182 Å². The average Bonchev–Trinajstić information content (AvgIpc) is 3.24. The molecule has 1 aliphatic rings. The molecule has 8 nitrogen and oxygen atoms in total. The number of carbonyl (C=O) groups is 1. The highest BCUT2D eigenvalue weighted by Crippen LogP contribution is 2.34. The smallest absolute Gasteiger partial charge is 0.252 e. The third-order valence-electron chi connectivity index (χ3n) is 4.58. The zero-order valence-electron chi connectivity index (χ0n) is 17.4. The second-order valence-corrected chi connectivity index (χ2v) is 8.39. The minimum atomic E-state index is -3.55. The molecule has 31 heavy (non-hydrogen) atoms. The molecule has 2 aromatic rings. The minimum Gasteiger partial charge on any atom is -0.481 e. The molecule has 1 amide bonds. The maximum absolute atomic E-state index is 12.5. The van der Waals surface area contributed by atoms with Gasteiger partial charge in [-0.1, -0.05) is 25.7 Å². The van der Waals surface area contributed by atoms with E-state index in [1.54, 1.807) is 32.0 Å². The Hall–Kier alpha value is -3.22. The fourth-order valence-electron chi connectivity index (χ4n) is 2.92. The van der Waals surface area contributed by atoms with E-state index in [2.05, 4.69) is 17.2 Å². The summed E-state index contributed by atoms with van der Waals surface area (Å²) >= 11 is 0. The molecular formula is C22H24N2O6S. The summed E-state index contributed by atoms with van der Waals surface area (Å²) in [5, 5.41) is 2.67. The van der Waals surface area contributed by atoms with E-state index in [4.69, 9.17) is 14.2 Å². The Morgan fingerprint density at radius 3 is 2.48 bits per heavy atom. The first-order chi connectivity index (χ1) is 15.0. The Kier molecular flexibility index (Phi) is 7.39.